The molecule has 7 nitrogen and oxygen atoms in total. The Bertz CT molecular complexity index is 627. The third-order valence-electron chi connectivity index (χ3n) is 3.65. The topological polar surface area (TPSA) is 87.7 Å². The van der Waals surface area contributed by atoms with E-state index in [0.29, 0.717) is 18.8 Å². The highest BCUT2D eigenvalue weighted by Gasteiger charge is 2.36. The third kappa shape index (κ3) is 5.86. The van der Waals surface area contributed by atoms with Crippen molar-refractivity contribution in [2.24, 2.45) is 5.41 Å². The van der Waals surface area contributed by atoms with E-state index in [4.69, 9.17) is 4.74 Å². The van der Waals surface area contributed by atoms with Crippen LogP contribution in [0.4, 0.5) is 5.69 Å². The molecule has 0 bridgehead atoms. The average molecular weight is 349 g/mol. The average Bonchev–Trinajstić information content (AvgIpc) is 2.54. The first kappa shape index (κ1) is 20.6. The molecule has 138 valence electrons. The summed E-state index contributed by atoms with van der Waals surface area (Å²) in [5.41, 5.74) is -0.713. The fraction of sp³-hybridized carbons (Fsp3) is 0.500. The second kappa shape index (κ2) is 9.17. The van der Waals surface area contributed by atoms with Gasteiger partial charge in [-0.3, -0.25) is 9.59 Å². The zero-order valence-electron chi connectivity index (χ0n) is 15.5. The number of amides is 2. The molecule has 0 spiro atoms. The first-order valence-corrected chi connectivity index (χ1v) is 8.20. The molecule has 2 N–H and O–H groups in total. The molecule has 0 aliphatic carbocycles. The maximum Gasteiger partial charge on any atom is 0.340 e. The van der Waals surface area contributed by atoms with Gasteiger partial charge in [-0.05, 0) is 47.0 Å². The van der Waals surface area contributed by atoms with Gasteiger partial charge in [0, 0.05) is 13.1 Å². The van der Waals surface area contributed by atoms with Crippen molar-refractivity contribution < 1.29 is 19.1 Å². The van der Waals surface area contributed by atoms with E-state index in [1.807, 2.05) is 19.0 Å². The lowest BCUT2D eigenvalue weighted by Crippen LogP contribution is -2.46. The highest BCUT2D eigenvalue weighted by molar-refractivity contribution is 6.11. The van der Waals surface area contributed by atoms with Crippen molar-refractivity contribution in [2.75, 3.05) is 39.1 Å². The number of ether oxygens (including phenoxy) is 1. The Hall–Kier alpha value is -2.41. The summed E-state index contributed by atoms with van der Waals surface area (Å²) in [7, 11) is 3.80. The summed E-state index contributed by atoms with van der Waals surface area (Å²) in [6, 6.07) is 6.55. The van der Waals surface area contributed by atoms with Crippen molar-refractivity contribution in [3.05, 3.63) is 29.8 Å². The molecular weight excluding hydrogens is 322 g/mol. The summed E-state index contributed by atoms with van der Waals surface area (Å²) in [6.07, 6.45) is 0. The van der Waals surface area contributed by atoms with Crippen LogP contribution < -0.4 is 10.6 Å². The number of rotatable bonds is 8. The Labute approximate surface area is 148 Å². The van der Waals surface area contributed by atoms with Crippen molar-refractivity contribution >= 4 is 23.5 Å². The van der Waals surface area contributed by atoms with Gasteiger partial charge in [-0.15, -0.1) is 0 Å². The number of carbonyl (C=O) groups excluding carboxylic acids is 3. The highest BCUT2D eigenvalue weighted by Crippen LogP contribution is 2.22. The van der Waals surface area contributed by atoms with Gasteiger partial charge in [-0.25, -0.2) is 4.79 Å². The minimum absolute atomic E-state index is 0.237. The minimum atomic E-state index is -1.28. The van der Waals surface area contributed by atoms with Gasteiger partial charge < -0.3 is 20.3 Å². The zero-order chi connectivity index (χ0) is 19.0. The van der Waals surface area contributed by atoms with E-state index in [1.165, 1.54) is 0 Å². The van der Waals surface area contributed by atoms with E-state index in [9.17, 15) is 14.4 Å². The number of hydrogen-bond acceptors (Lipinski definition) is 5. The van der Waals surface area contributed by atoms with Crippen molar-refractivity contribution in [1.29, 1.82) is 0 Å². The lowest BCUT2D eigenvalue weighted by Gasteiger charge is -2.23. The summed E-state index contributed by atoms with van der Waals surface area (Å²) < 4.78 is 4.98. The van der Waals surface area contributed by atoms with Crippen LogP contribution in [0.1, 0.15) is 31.1 Å². The third-order valence-corrected chi connectivity index (χ3v) is 3.65. The summed E-state index contributed by atoms with van der Waals surface area (Å²) >= 11 is 0. The van der Waals surface area contributed by atoms with Crippen LogP contribution in [-0.4, -0.2) is 56.5 Å². The van der Waals surface area contributed by atoms with Gasteiger partial charge in [0.05, 0.1) is 17.9 Å². The molecule has 25 heavy (non-hydrogen) atoms. The number of nitrogens with one attached hydrogen (secondary N) is 2. The Morgan fingerprint density at radius 1 is 1.12 bits per heavy atom. The van der Waals surface area contributed by atoms with Gasteiger partial charge in [0.2, 0.25) is 11.8 Å². The number of esters is 1. The fourth-order valence-corrected chi connectivity index (χ4v) is 1.97. The van der Waals surface area contributed by atoms with Crippen LogP contribution in [0.3, 0.4) is 0 Å². The largest absolute Gasteiger partial charge is 0.462 e. The number of benzene rings is 1. The minimum Gasteiger partial charge on any atom is -0.462 e. The van der Waals surface area contributed by atoms with Crippen LogP contribution >= 0.6 is 0 Å². The second-order valence-corrected chi connectivity index (χ2v) is 6.40. The van der Waals surface area contributed by atoms with Crippen molar-refractivity contribution in [3.63, 3.8) is 0 Å². The first-order valence-electron chi connectivity index (χ1n) is 8.20. The van der Waals surface area contributed by atoms with E-state index in [1.54, 1.807) is 45.0 Å². The number of para-hydroxylation sites is 1. The SMILES string of the molecule is CCOC(=O)c1ccccc1NC(=O)C(C)(C)C(=O)NCCN(C)C. The van der Waals surface area contributed by atoms with Crippen LogP contribution in [0, 0.1) is 5.41 Å². The Balaban J connectivity index is 2.83. The molecule has 0 unspecified atom stereocenters. The van der Waals surface area contributed by atoms with Gasteiger partial charge in [0.1, 0.15) is 5.41 Å². The standard InChI is InChI=1S/C18H27N3O4/c1-6-25-15(22)13-9-7-8-10-14(13)20-17(24)18(2,3)16(23)19-11-12-21(4)5/h7-10H,6,11-12H2,1-5H3,(H,19,23)(H,20,24). The van der Waals surface area contributed by atoms with Crippen molar-refractivity contribution in [2.45, 2.75) is 20.8 Å². The molecule has 0 aliphatic rings. The predicted molar refractivity (Wildman–Crippen MR) is 96.4 cm³/mol. The van der Waals surface area contributed by atoms with Crippen LogP contribution in [0.25, 0.3) is 0 Å². The van der Waals surface area contributed by atoms with E-state index in [2.05, 4.69) is 10.6 Å². The Morgan fingerprint density at radius 2 is 1.76 bits per heavy atom. The Kier molecular flexibility index (Phi) is 7.57. The maximum atomic E-state index is 12.6. The summed E-state index contributed by atoms with van der Waals surface area (Å²) in [5, 5.41) is 5.40. The number of hydrogen-bond donors (Lipinski definition) is 2. The lowest BCUT2D eigenvalue weighted by molar-refractivity contribution is -0.138. The predicted octanol–water partition coefficient (Wildman–Crippen LogP) is 1.51. The highest BCUT2D eigenvalue weighted by atomic mass is 16.5. The molecular formula is C18H27N3O4. The molecule has 0 saturated carbocycles. The smallest absolute Gasteiger partial charge is 0.340 e. The van der Waals surface area contributed by atoms with Crippen LogP contribution in [0.2, 0.25) is 0 Å². The summed E-state index contributed by atoms with van der Waals surface area (Å²) in [5.74, 6) is -1.39. The number of likely N-dealkylation sites (N-methyl/N-ethyl adjacent to an activating group) is 1. The lowest BCUT2D eigenvalue weighted by atomic mass is 9.90. The van der Waals surface area contributed by atoms with Crippen LogP contribution in [0.15, 0.2) is 24.3 Å². The second-order valence-electron chi connectivity index (χ2n) is 6.40. The molecule has 0 fully saturated rings. The number of anilines is 1. The number of carbonyl (C=O) groups is 3. The summed E-state index contributed by atoms with van der Waals surface area (Å²) in [6.45, 7) is 6.15. The molecule has 0 saturated heterocycles. The molecule has 0 radical (unpaired) electrons. The zero-order valence-corrected chi connectivity index (χ0v) is 15.5. The van der Waals surface area contributed by atoms with Gasteiger partial charge in [0.15, 0.2) is 0 Å². The van der Waals surface area contributed by atoms with Crippen molar-refractivity contribution in [3.8, 4) is 0 Å². The fourth-order valence-electron chi connectivity index (χ4n) is 1.97. The number of nitrogens with zero attached hydrogens (tertiary/aromatic N) is 1. The molecule has 0 aliphatic heterocycles. The molecule has 1 rings (SSSR count). The molecule has 1 aromatic carbocycles. The van der Waals surface area contributed by atoms with E-state index in [0.717, 1.165) is 0 Å². The van der Waals surface area contributed by atoms with Crippen LogP contribution in [0.5, 0.6) is 0 Å². The monoisotopic (exact) mass is 349 g/mol. The molecule has 0 heterocycles. The molecule has 0 aromatic heterocycles. The molecule has 0 atom stereocenters. The maximum absolute atomic E-state index is 12.6. The normalized spacial score (nSPS) is 11.1. The first-order chi connectivity index (χ1) is 11.7. The van der Waals surface area contributed by atoms with E-state index < -0.39 is 17.3 Å². The van der Waals surface area contributed by atoms with Crippen molar-refractivity contribution in [1.82, 2.24) is 10.2 Å². The van der Waals surface area contributed by atoms with Gasteiger partial charge >= 0.3 is 5.97 Å². The van der Waals surface area contributed by atoms with E-state index >= 15 is 0 Å². The molecule has 2 amide bonds. The van der Waals surface area contributed by atoms with Crippen LogP contribution in [-0.2, 0) is 14.3 Å². The van der Waals surface area contributed by atoms with E-state index in [-0.39, 0.29) is 18.1 Å². The van der Waals surface area contributed by atoms with Gasteiger partial charge in [0.25, 0.3) is 0 Å². The van der Waals surface area contributed by atoms with Gasteiger partial charge in [-0.2, -0.15) is 0 Å². The summed E-state index contributed by atoms with van der Waals surface area (Å²) in [4.78, 5) is 38.8. The molecule has 7 heteroatoms. The Morgan fingerprint density at radius 3 is 2.36 bits per heavy atom. The molecule has 1 aromatic rings. The van der Waals surface area contributed by atoms with Gasteiger partial charge in [-0.1, -0.05) is 12.1 Å². The quantitative estimate of drug-likeness (QED) is 0.549.